The Labute approximate surface area is 142 Å². The molecule has 24 heavy (non-hydrogen) atoms. The highest BCUT2D eigenvalue weighted by Gasteiger charge is 2.27. The Kier molecular flexibility index (Phi) is 5.11. The van der Waals surface area contributed by atoms with Crippen LogP contribution in [0.3, 0.4) is 0 Å². The quantitative estimate of drug-likeness (QED) is 0.915. The van der Waals surface area contributed by atoms with E-state index in [0.29, 0.717) is 29.7 Å². The van der Waals surface area contributed by atoms with E-state index >= 15 is 0 Å². The molecule has 0 spiro atoms. The average molecular weight is 346 g/mol. The van der Waals surface area contributed by atoms with Gasteiger partial charge >= 0.3 is 0 Å². The molecule has 7 heteroatoms. The molecule has 0 unspecified atom stereocenters. The Morgan fingerprint density at radius 2 is 1.88 bits per heavy atom. The first-order chi connectivity index (χ1) is 11.6. The van der Waals surface area contributed by atoms with Gasteiger partial charge in [0.05, 0.1) is 23.0 Å². The fourth-order valence-corrected chi connectivity index (χ4v) is 4.61. The first-order valence-corrected chi connectivity index (χ1v) is 9.61. The Hall–Kier alpha value is -1.99. The normalized spacial score (nSPS) is 19.8. The number of anilines is 1. The van der Waals surface area contributed by atoms with Crippen LogP contribution in [-0.4, -0.2) is 35.8 Å². The standard InChI is InChI=1S/C17H22N4O2S/c18-17-13-19-15(12-20-17)11-14-5-4-9-21(10-8-14)24(22,23)16-6-2-1-3-7-16/h1-3,6-7,12-14H,4-5,8-11H2,(H2,18,20)/t14-/m1/s1. The summed E-state index contributed by atoms with van der Waals surface area (Å²) in [6, 6.07) is 8.65. The van der Waals surface area contributed by atoms with Gasteiger partial charge in [0.15, 0.2) is 0 Å². The number of benzene rings is 1. The molecular weight excluding hydrogens is 324 g/mol. The number of nitrogens with zero attached hydrogens (tertiary/aromatic N) is 3. The number of hydrogen-bond acceptors (Lipinski definition) is 5. The van der Waals surface area contributed by atoms with E-state index in [1.54, 1.807) is 41.0 Å². The minimum atomic E-state index is -3.40. The molecule has 2 N–H and O–H groups in total. The van der Waals surface area contributed by atoms with E-state index in [9.17, 15) is 8.42 Å². The lowest BCUT2D eigenvalue weighted by Gasteiger charge is -2.20. The van der Waals surface area contributed by atoms with Gasteiger partial charge in [-0.2, -0.15) is 4.31 Å². The third kappa shape index (κ3) is 3.91. The van der Waals surface area contributed by atoms with Gasteiger partial charge in [-0.05, 0) is 43.7 Å². The summed E-state index contributed by atoms with van der Waals surface area (Å²) in [5.41, 5.74) is 6.47. The first-order valence-electron chi connectivity index (χ1n) is 8.17. The van der Waals surface area contributed by atoms with Crippen LogP contribution in [0.15, 0.2) is 47.6 Å². The minimum absolute atomic E-state index is 0.368. The van der Waals surface area contributed by atoms with Crippen LogP contribution in [-0.2, 0) is 16.4 Å². The van der Waals surface area contributed by atoms with Gasteiger partial charge in [-0.3, -0.25) is 4.98 Å². The fourth-order valence-electron chi connectivity index (χ4n) is 3.09. The number of hydrogen-bond donors (Lipinski definition) is 1. The number of nitrogen functional groups attached to an aromatic ring is 1. The summed E-state index contributed by atoms with van der Waals surface area (Å²) in [6.45, 7) is 1.12. The van der Waals surface area contributed by atoms with E-state index in [2.05, 4.69) is 9.97 Å². The van der Waals surface area contributed by atoms with E-state index in [1.807, 2.05) is 6.07 Å². The summed E-state index contributed by atoms with van der Waals surface area (Å²) < 4.78 is 27.1. The van der Waals surface area contributed by atoms with Crippen LogP contribution >= 0.6 is 0 Å². The van der Waals surface area contributed by atoms with Crippen molar-refractivity contribution in [1.82, 2.24) is 14.3 Å². The molecule has 1 fully saturated rings. The maximum atomic E-state index is 12.7. The summed E-state index contributed by atoms with van der Waals surface area (Å²) in [5.74, 6) is 0.832. The lowest BCUT2D eigenvalue weighted by Crippen LogP contribution is -2.32. The molecule has 128 valence electrons. The number of rotatable bonds is 4. The van der Waals surface area contributed by atoms with Gasteiger partial charge in [0.1, 0.15) is 5.82 Å². The minimum Gasteiger partial charge on any atom is -0.382 e. The van der Waals surface area contributed by atoms with Crippen LogP contribution in [0.25, 0.3) is 0 Å². The van der Waals surface area contributed by atoms with Crippen LogP contribution in [0.2, 0.25) is 0 Å². The van der Waals surface area contributed by atoms with Crippen LogP contribution in [0.1, 0.15) is 25.0 Å². The molecule has 6 nitrogen and oxygen atoms in total. The van der Waals surface area contributed by atoms with Crippen molar-refractivity contribution in [2.24, 2.45) is 5.92 Å². The van der Waals surface area contributed by atoms with Crippen molar-refractivity contribution in [3.8, 4) is 0 Å². The van der Waals surface area contributed by atoms with Crippen molar-refractivity contribution >= 4 is 15.8 Å². The maximum Gasteiger partial charge on any atom is 0.243 e. The second kappa shape index (κ2) is 7.27. The van der Waals surface area contributed by atoms with Gasteiger partial charge in [0.2, 0.25) is 10.0 Å². The van der Waals surface area contributed by atoms with Crippen molar-refractivity contribution in [3.63, 3.8) is 0 Å². The highest BCUT2D eigenvalue weighted by molar-refractivity contribution is 7.89. The molecule has 0 amide bonds. The van der Waals surface area contributed by atoms with Crippen molar-refractivity contribution in [1.29, 1.82) is 0 Å². The summed E-state index contributed by atoms with van der Waals surface area (Å²) in [6.07, 6.45) is 6.77. The van der Waals surface area contributed by atoms with Gasteiger partial charge in [0, 0.05) is 13.1 Å². The smallest absolute Gasteiger partial charge is 0.243 e. The molecule has 1 aromatic heterocycles. The fraction of sp³-hybridized carbons (Fsp3) is 0.412. The maximum absolute atomic E-state index is 12.7. The SMILES string of the molecule is Nc1cnc(C[C@@H]2CCCN(S(=O)(=O)c3ccccc3)CC2)cn1. The molecule has 0 aliphatic carbocycles. The zero-order valence-electron chi connectivity index (χ0n) is 13.5. The summed E-state index contributed by atoms with van der Waals surface area (Å²) in [5, 5.41) is 0. The first kappa shape index (κ1) is 16.9. The van der Waals surface area contributed by atoms with Crippen molar-refractivity contribution in [3.05, 3.63) is 48.4 Å². The molecule has 2 aromatic rings. The zero-order valence-corrected chi connectivity index (χ0v) is 14.3. The van der Waals surface area contributed by atoms with Gasteiger partial charge in [-0.25, -0.2) is 13.4 Å². The Morgan fingerprint density at radius 3 is 2.58 bits per heavy atom. The number of nitrogens with two attached hydrogens (primary N) is 1. The predicted octanol–water partition coefficient (Wildman–Crippen LogP) is 2.09. The topological polar surface area (TPSA) is 89.2 Å². The van der Waals surface area contributed by atoms with E-state index in [1.165, 1.54) is 0 Å². The van der Waals surface area contributed by atoms with Gasteiger partial charge in [-0.15, -0.1) is 0 Å². The molecule has 3 rings (SSSR count). The largest absolute Gasteiger partial charge is 0.382 e. The lowest BCUT2D eigenvalue weighted by molar-refractivity contribution is 0.409. The van der Waals surface area contributed by atoms with E-state index in [-0.39, 0.29) is 0 Å². The second-order valence-corrected chi connectivity index (χ2v) is 8.09. The molecule has 1 atom stereocenters. The summed E-state index contributed by atoms with van der Waals surface area (Å²) in [4.78, 5) is 8.74. The molecule has 1 saturated heterocycles. The Morgan fingerprint density at radius 1 is 1.08 bits per heavy atom. The summed E-state index contributed by atoms with van der Waals surface area (Å²) >= 11 is 0. The Bertz CT molecular complexity index is 763. The Balaban J connectivity index is 1.66. The number of sulfonamides is 1. The molecule has 1 aromatic carbocycles. The molecule has 0 bridgehead atoms. The average Bonchev–Trinajstić information content (AvgIpc) is 2.84. The van der Waals surface area contributed by atoms with Crippen LogP contribution in [0.5, 0.6) is 0 Å². The summed E-state index contributed by atoms with van der Waals surface area (Å²) in [7, 11) is -3.40. The lowest BCUT2D eigenvalue weighted by atomic mass is 9.95. The van der Waals surface area contributed by atoms with E-state index in [0.717, 1.165) is 31.4 Å². The molecule has 1 aliphatic heterocycles. The van der Waals surface area contributed by atoms with Crippen LogP contribution < -0.4 is 5.73 Å². The van der Waals surface area contributed by atoms with Gasteiger partial charge < -0.3 is 5.73 Å². The van der Waals surface area contributed by atoms with Gasteiger partial charge in [0.25, 0.3) is 0 Å². The highest BCUT2D eigenvalue weighted by Crippen LogP contribution is 2.25. The molecule has 0 saturated carbocycles. The molecule has 1 aliphatic rings. The highest BCUT2D eigenvalue weighted by atomic mass is 32.2. The predicted molar refractivity (Wildman–Crippen MR) is 92.7 cm³/mol. The zero-order chi connectivity index (χ0) is 17.0. The van der Waals surface area contributed by atoms with E-state index in [4.69, 9.17) is 5.73 Å². The molecule has 2 heterocycles. The van der Waals surface area contributed by atoms with Crippen molar-refractivity contribution in [2.45, 2.75) is 30.6 Å². The second-order valence-electron chi connectivity index (χ2n) is 6.15. The van der Waals surface area contributed by atoms with Crippen LogP contribution in [0, 0.1) is 5.92 Å². The van der Waals surface area contributed by atoms with E-state index < -0.39 is 10.0 Å². The van der Waals surface area contributed by atoms with Gasteiger partial charge in [-0.1, -0.05) is 18.2 Å². The monoisotopic (exact) mass is 346 g/mol. The third-order valence-corrected chi connectivity index (χ3v) is 6.32. The molecule has 0 radical (unpaired) electrons. The van der Waals surface area contributed by atoms with Crippen molar-refractivity contribution in [2.75, 3.05) is 18.8 Å². The van der Waals surface area contributed by atoms with Crippen LogP contribution in [0.4, 0.5) is 5.82 Å². The third-order valence-electron chi connectivity index (χ3n) is 4.41. The number of aromatic nitrogens is 2. The van der Waals surface area contributed by atoms with Crippen molar-refractivity contribution < 1.29 is 8.42 Å². The molecular formula is C17H22N4O2S.